The van der Waals surface area contributed by atoms with E-state index >= 15 is 0 Å². The topological polar surface area (TPSA) is 124 Å². The van der Waals surface area contributed by atoms with Crippen molar-refractivity contribution in [2.24, 2.45) is 0 Å². The number of thiophene rings is 1. The average molecular weight is 414 g/mol. The molecule has 0 aliphatic carbocycles. The van der Waals surface area contributed by atoms with Gasteiger partial charge in [0.1, 0.15) is 11.9 Å². The second kappa shape index (κ2) is 5.99. The minimum atomic E-state index is -4.98. The van der Waals surface area contributed by atoms with Crippen LogP contribution in [0.1, 0.15) is 22.5 Å². The predicted octanol–water partition coefficient (Wildman–Crippen LogP) is 2.21. The number of amides is 2. The summed E-state index contributed by atoms with van der Waals surface area (Å²) < 4.78 is 48.7. The highest BCUT2D eigenvalue weighted by Gasteiger charge is 2.54. The summed E-state index contributed by atoms with van der Waals surface area (Å²) in [5.74, 6) is -1.76. The van der Waals surface area contributed by atoms with E-state index in [-0.39, 0.29) is 6.54 Å². The van der Waals surface area contributed by atoms with Crippen LogP contribution >= 0.6 is 11.3 Å². The first-order valence-corrected chi connectivity index (χ1v) is 9.78. The Bertz CT molecular complexity index is 1050. The van der Waals surface area contributed by atoms with Crippen molar-refractivity contribution in [3.63, 3.8) is 0 Å². The zero-order valence-electron chi connectivity index (χ0n) is 13.3. The quantitative estimate of drug-likeness (QED) is 0.735. The van der Waals surface area contributed by atoms with Gasteiger partial charge in [-0.25, -0.2) is 14.0 Å². The lowest BCUT2D eigenvalue weighted by Gasteiger charge is -2.28. The number of nitrogens with zero attached hydrogens (tertiary/aromatic N) is 2. The minimum Gasteiger partial charge on any atom is -0.479 e. The minimum absolute atomic E-state index is 0.109. The zero-order chi connectivity index (χ0) is 19.5. The Labute approximate surface area is 156 Å². The molecule has 2 aliphatic heterocycles. The highest BCUT2D eigenvalue weighted by atomic mass is 32.3. The van der Waals surface area contributed by atoms with Gasteiger partial charge >= 0.3 is 22.4 Å². The average Bonchev–Trinajstić information content (AvgIpc) is 3.11. The fourth-order valence-corrected chi connectivity index (χ4v) is 4.93. The number of carboxylic acid groups (broad SMARTS) is 1. The molecule has 9 nitrogen and oxygen atoms in total. The summed E-state index contributed by atoms with van der Waals surface area (Å²) in [6.07, 6.45) is 0. The van der Waals surface area contributed by atoms with Crippen molar-refractivity contribution in [3.8, 4) is 11.1 Å². The van der Waals surface area contributed by atoms with Crippen LogP contribution in [0.2, 0.25) is 0 Å². The number of benzene rings is 1. The molecule has 2 atom stereocenters. The SMILES string of the molecule is O=C(O)[C@@H]1c2c(-c3ccc(F)cc3)csc2[C@@H]2CN1C(=O)N2OS(=O)(=O)O. The number of carbonyl (C=O) groups is 2. The molecule has 2 bridgehead atoms. The molecule has 1 saturated heterocycles. The Morgan fingerprint density at radius 1 is 1.30 bits per heavy atom. The summed E-state index contributed by atoms with van der Waals surface area (Å²) in [6, 6.07) is 2.16. The van der Waals surface area contributed by atoms with Gasteiger partial charge < -0.3 is 10.0 Å². The maximum Gasteiger partial charge on any atom is 0.418 e. The number of aliphatic carboxylic acids is 1. The van der Waals surface area contributed by atoms with Gasteiger partial charge in [-0.3, -0.25) is 4.55 Å². The molecule has 0 unspecified atom stereocenters. The van der Waals surface area contributed by atoms with Gasteiger partial charge in [-0.05, 0) is 28.6 Å². The number of hydrogen-bond acceptors (Lipinski definition) is 6. The zero-order valence-corrected chi connectivity index (χ0v) is 14.9. The summed E-state index contributed by atoms with van der Waals surface area (Å²) in [5.41, 5.74) is 1.36. The molecular weight excluding hydrogens is 403 g/mol. The van der Waals surface area contributed by atoms with Crippen molar-refractivity contribution in [3.05, 3.63) is 45.9 Å². The lowest BCUT2D eigenvalue weighted by Crippen LogP contribution is -2.38. The molecule has 142 valence electrons. The third-order valence-electron chi connectivity index (χ3n) is 4.40. The molecule has 12 heteroatoms. The fraction of sp³-hybridized carbons (Fsp3) is 0.200. The van der Waals surface area contributed by atoms with E-state index in [1.807, 2.05) is 0 Å². The molecule has 1 aromatic carbocycles. The molecule has 1 fully saturated rings. The van der Waals surface area contributed by atoms with E-state index in [1.165, 1.54) is 24.3 Å². The smallest absolute Gasteiger partial charge is 0.418 e. The number of hydrogen-bond donors (Lipinski definition) is 2. The number of carbonyl (C=O) groups excluding carboxylic acids is 1. The van der Waals surface area contributed by atoms with Crippen LogP contribution in [0, 0.1) is 5.82 Å². The van der Waals surface area contributed by atoms with Crippen molar-refractivity contribution in [2.75, 3.05) is 6.54 Å². The summed E-state index contributed by atoms with van der Waals surface area (Å²) >= 11 is 1.13. The molecule has 2 aliphatic rings. The molecule has 0 radical (unpaired) electrons. The molecule has 4 rings (SSSR count). The third-order valence-corrected chi connectivity index (χ3v) is 5.85. The number of hydroxylamine groups is 2. The van der Waals surface area contributed by atoms with E-state index in [4.69, 9.17) is 4.55 Å². The Balaban J connectivity index is 1.87. The maximum atomic E-state index is 13.2. The van der Waals surface area contributed by atoms with Gasteiger partial charge in [-0.2, -0.15) is 13.5 Å². The molecular formula is C15H11FN2O7S2. The predicted molar refractivity (Wildman–Crippen MR) is 89.4 cm³/mol. The molecule has 27 heavy (non-hydrogen) atoms. The van der Waals surface area contributed by atoms with Crippen LogP contribution in [-0.4, -0.2) is 46.6 Å². The molecule has 0 spiro atoms. The first kappa shape index (κ1) is 17.9. The molecule has 1 aromatic heterocycles. The largest absolute Gasteiger partial charge is 0.479 e. The Hall–Kier alpha value is -2.54. The number of fused-ring (bicyclic) bond motifs is 4. The van der Waals surface area contributed by atoms with Gasteiger partial charge in [0.15, 0.2) is 6.04 Å². The second-order valence-electron chi connectivity index (χ2n) is 5.95. The highest BCUT2D eigenvalue weighted by Crippen LogP contribution is 2.50. The number of carboxylic acids is 1. The molecule has 0 saturated carbocycles. The third kappa shape index (κ3) is 2.86. The molecule has 2 aromatic rings. The van der Waals surface area contributed by atoms with Gasteiger partial charge in [0.05, 0.1) is 6.54 Å². The van der Waals surface area contributed by atoms with Crippen LogP contribution in [0.3, 0.4) is 0 Å². The van der Waals surface area contributed by atoms with Crippen LogP contribution in [0.25, 0.3) is 11.1 Å². The lowest BCUT2D eigenvalue weighted by atomic mass is 9.92. The van der Waals surface area contributed by atoms with Crippen molar-refractivity contribution in [1.82, 2.24) is 9.96 Å². The van der Waals surface area contributed by atoms with Crippen LogP contribution < -0.4 is 0 Å². The Morgan fingerprint density at radius 3 is 2.56 bits per heavy atom. The van der Waals surface area contributed by atoms with Crippen molar-refractivity contribution in [2.45, 2.75) is 12.1 Å². The van der Waals surface area contributed by atoms with Crippen molar-refractivity contribution < 1.29 is 36.3 Å². The van der Waals surface area contributed by atoms with Crippen LogP contribution in [0.5, 0.6) is 0 Å². The maximum absolute atomic E-state index is 13.2. The van der Waals surface area contributed by atoms with Crippen LogP contribution in [-0.2, 0) is 19.5 Å². The number of rotatable bonds is 4. The Kier molecular flexibility index (Phi) is 3.96. The van der Waals surface area contributed by atoms with Crippen molar-refractivity contribution >= 4 is 33.7 Å². The lowest BCUT2D eigenvalue weighted by molar-refractivity contribution is -0.142. The van der Waals surface area contributed by atoms with Crippen molar-refractivity contribution in [1.29, 1.82) is 0 Å². The highest BCUT2D eigenvalue weighted by molar-refractivity contribution is 7.80. The molecule has 2 N–H and O–H groups in total. The van der Waals surface area contributed by atoms with Crippen LogP contribution in [0.4, 0.5) is 9.18 Å². The molecule has 2 amide bonds. The van der Waals surface area contributed by atoms with Gasteiger partial charge in [0.2, 0.25) is 0 Å². The monoisotopic (exact) mass is 414 g/mol. The summed E-state index contributed by atoms with van der Waals surface area (Å²) in [5, 5.41) is 11.8. The summed E-state index contributed by atoms with van der Waals surface area (Å²) in [7, 11) is -4.98. The standard InChI is InChI=1S/C15H11FN2O7S2/c16-8-3-1-7(2-4-8)9-6-26-13-10-5-17(12(11(9)13)14(19)20)15(21)18(10)25-27(22,23)24/h1-4,6,10,12H,5H2,(H,19,20)(H,22,23,24)/t10-,12-/m0/s1. The van der Waals surface area contributed by atoms with E-state index in [0.717, 1.165) is 16.2 Å². The van der Waals surface area contributed by atoms with Gasteiger partial charge in [-0.1, -0.05) is 12.1 Å². The second-order valence-corrected chi connectivity index (χ2v) is 7.87. The van der Waals surface area contributed by atoms with E-state index in [2.05, 4.69) is 4.28 Å². The fourth-order valence-electron chi connectivity index (χ4n) is 3.38. The first-order valence-electron chi connectivity index (χ1n) is 7.54. The van der Waals surface area contributed by atoms with Gasteiger partial charge in [-0.15, -0.1) is 15.6 Å². The number of urea groups is 1. The molecule has 3 heterocycles. The summed E-state index contributed by atoms with van der Waals surface area (Å²) in [4.78, 5) is 25.8. The normalized spacial score (nSPS) is 21.5. The first-order chi connectivity index (χ1) is 12.7. The number of halogens is 1. The summed E-state index contributed by atoms with van der Waals surface area (Å²) in [6.45, 7) is -0.109. The van der Waals surface area contributed by atoms with Gasteiger partial charge in [0.25, 0.3) is 0 Å². The van der Waals surface area contributed by atoms with E-state index in [0.29, 0.717) is 26.6 Å². The van der Waals surface area contributed by atoms with Gasteiger partial charge in [0, 0.05) is 10.4 Å². The van der Waals surface area contributed by atoms with E-state index < -0.39 is 40.3 Å². The van der Waals surface area contributed by atoms with Crippen LogP contribution in [0.15, 0.2) is 29.6 Å². The Morgan fingerprint density at radius 2 is 1.96 bits per heavy atom. The van der Waals surface area contributed by atoms with E-state index in [9.17, 15) is 27.5 Å². The van der Waals surface area contributed by atoms with E-state index in [1.54, 1.807) is 5.38 Å².